The lowest BCUT2D eigenvalue weighted by Crippen LogP contribution is -2.28. The summed E-state index contributed by atoms with van der Waals surface area (Å²) in [4.78, 5) is 1.86. The molecule has 5 heteroatoms. The van der Waals surface area contributed by atoms with Crippen LogP contribution in [0.25, 0.3) is 0 Å². The van der Waals surface area contributed by atoms with Gasteiger partial charge in [-0.1, -0.05) is 6.07 Å². The summed E-state index contributed by atoms with van der Waals surface area (Å²) in [6.07, 6.45) is -1.88. The van der Waals surface area contributed by atoms with Crippen LogP contribution in [0.3, 0.4) is 0 Å². The number of hydrogen-bond acceptors (Lipinski definition) is 2. The van der Waals surface area contributed by atoms with Crippen molar-refractivity contribution in [2.75, 3.05) is 18.0 Å². The summed E-state index contributed by atoms with van der Waals surface area (Å²) in [7, 11) is 0. The molecule has 1 saturated carbocycles. The molecule has 1 aliphatic carbocycles. The number of benzene rings is 1. The maximum Gasteiger partial charge on any atom is 0.418 e. The molecule has 0 aromatic heterocycles. The van der Waals surface area contributed by atoms with Gasteiger partial charge in [0.1, 0.15) is 0 Å². The first-order valence-corrected chi connectivity index (χ1v) is 6.64. The van der Waals surface area contributed by atoms with Crippen LogP contribution in [0.1, 0.15) is 30.9 Å². The Labute approximate surface area is 111 Å². The predicted molar refractivity (Wildman–Crippen MR) is 70.2 cm³/mol. The molecule has 0 saturated heterocycles. The SMILES string of the molecule is CCN(c1ccc(CCN)cc1C(F)(F)F)C1CC1. The lowest BCUT2D eigenvalue weighted by atomic mass is 10.0. The zero-order chi connectivity index (χ0) is 14.0. The van der Waals surface area contributed by atoms with Gasteiger partial charge in [0, 0.05) is 18.3 Å². The number of nitrogens with zero attached hydrogens (tertiary/aromatic N) is 1. The summed E-state index contributed by atoms with van der Waals surface area (Å²) in [6.45, 7) is 2.85. The second-order valence-corrected chi connectivity index (χ2v) is 4.91. The van der Waals surface area contributed by atoms with Crippen molar-refractivity contribution in [3.63, 3.8) is 0 Å². The summed E-state index contributed by atoms with van der Waals surface area (Å²) >= 11 is 0. The fourth-order valence-corrected chi connectivity index (χ4v) is 2.39. The van der Waals surface area contributed by atoms with E-state index in [1.165, 1.54) is 6.07 Å². The molecule has 19 heavy (non-hydrogen) atoms. The van der Waals surface area contributed by atoms with Crippen LogP contribution in [0.4, 0.5) is 18.9 Å². The molecule has 0 heterocycles. The molecule has 1 aromatic rings. The molecule has 0 radical (unpaired) electrons. The average Bonchev–Trinajstić information content (AvgIpc) is 3.15. The molecule has 0 amide bonds. The summed E-state index contributed by atoms with van der Waals surface area (Å²) < 4.78 is 39.6. The number of nitrogens with two attached hydrogens (primary N) is 1. The van der Waals surface area contributed by atoms with Crippen molar-refractivity contribution < 1.29 is 13.2 Å². The molecule has 0 aliphatic heterocycles. The third kappa shape index (κ3) is 3.21. The molecule has 106 valence electrons. The van der Waals surface area contributed by atoms with Gasteiger partial charge in [0.25, 0.3) is 0 Å². The third-order valence-electron chi connectivity index (χ3n) is 3.44. The molecule has 1 aromatic carbocycles. The molecular weight excluding hydrogens is 253 g/mol. The molecule has 2 N–H and O–H groups in total. The fourth-order valence-electron chi connectivity index (χ4n) is 2.39. The van der Waals surface area contributed by atoms with E-state index in [0.717, 1.165) is 12.8 Å². The maximum atomic E-state index is 13.2. The summed E-state index contributed by atoms with van der Waals surface area (Å²) in [5.74, 6) is 0. The first-order chi connectivity index (χ1) is 8.97. The molecule has 2 nitrogen and oxygen atoms in total. The number of hydrogen-bond donors (Lipinski definition) is 1. The summed E-state index contributed by atoms with van der Waals surface area (Å²) in [6, 6.07) is 4.86. The highest BCUT2D eigenvalue weighted by atomic mass is 19.4. The smallest absolute Gasteiger partial charge is 0.368 e. The first-order valence-electron chi connectivity index (χ1n) is 6.64. The molecule has 1 aliphatic rings. The minimum atomic E-state index is -4.32. The van der Waals surface area contributed by atoms with Crippen molar-refractivity contribution in [2.45, 2.75) is 38.4 Å². The topological polar surface area (TPSA) is 29.3 Å². The van der Waals surface area contributed by atoms with E-state index >= 15 is 0 Å². The molecule has 0 bridgehead atoms. The molecule has 1 fully saturated rings. The van der Waals surface area contributed by atoms with E-state index in [-0.39, 0.29) is 6.04 Å². The van der Waals surface area contributed by atoms with Crippen molar-refractivity contribution in [3.8, 4) is 0 Å². The van der Waals surface area contributed by atoms with Crippen LogP contribution in [0.5, 0.6) is 0 Å². The van der Waals surface area contributed by atoms with Crippen LogP contribution in [0, 0.1) is 0 Å². The van der Waals surface area contributed by atoms with Crippen molar-refractivity contribution in [1.82, 2.24) is 0 Å². The summed E-state index contributed by atoms with van der Waals surface area (Å²) in [5.41, 5.74) is 5.82. The standard InChI is InChI=1S/C14H19F3N2/c1-2-19(11-4-5-11)13-6-3-10(7-8-18)9-12(13)14(15,16)17/h3,6,9,11H,2,4-5,7-8,18H2,1H3. The van der Waals surface area contributed by atoms with Gasteiger partial charge < -0.3 is 10.6 Å². The van der Waals surface area contributed by atoms with Gasteiger partial charge in [-0.15, -0.1) is 0 Å². The van der Waals surface area contributed by atoms with Gasteiger partial charge in [-0.2, -0.15) is 13.2 Å². The maximum absolute atomic E-state index is 13.2. The van der Waals surface area contributed by atoms with E-state index < -0.39 is 11.7 Å². The Hall–Kier alpha value is -1.23. The van der Waals surface area contributed by atoms with Crippen molar-refractivity contribution in [1.29, 1.82) is 0 Å². The number of rotatable bonds is 5. The lowest BCUT2D eigenvalue weighted by molar-refractivity contribution is -0.137. The summed E-state index contributed by atoms with van der Waals surface area (Å²) in [5, 5.41) is 0. The molecule has 0 spiro atoms. The fraction of sp³-hybridized carbons (Fsp3) is 0.571. The number of alkyl halides is 3. The normalized spacial score (nSPS) is 15.6. The predicted octanol–water partition coefficient (Wildman–Crippen LogP) is 3.20. The van der Waals surface area contributed by atoms with Gasteiger partial charge >= 0.3 is 6.18 Å². The Balaban J connectivity index is 2.40. The van der Waals surface area contributed by atoms with E-state index in [1.54, 1.807) is 12.1 Å². The van der Waals surface area contributed by atoms with E-state index in [2.05, 4.69) is 0 Å². The van der Waals surface area contributed by atoms with Gasteiger partial charge in [-0.05, 0) is 50.4 Å². The Morgan fingerprint density at radius 2 is 2.00 bits per heavy atom. The third-order valence-corrected chi connectivity index (χ3v) is 3.44. The Morgan fingerprint density at radius 1 is 1.32 bits per heavy atom. The van der Waals surface area contributed by atoms with Crippen molar-refractivity contribution >= 4 is 5.69 Å². The quantitative estimate of drug-likeness (QED) is 0.892. The zero-order valence-corrected chi connectivity index (χ0v) is 11.0. The molecular formula is C14H19F3N2. The van der Waals surface area contributed by atoms with Crippen LogP contribution in [-0.4, -0.2) is 19.1 Å². The minimum absolute atomic E-state index is 0.270. The number of anilines is 1. The van der Waals surface area contributed by atoms with E-state index in [4.69, 9.17) is 5.73 Å². The number of halogens is 3. The van der Waals surface area contributed by atoms with Crippen LogP contribution in [0.2, 0.25) is 0 Å². The van der Waals surface area contributed by atoms with Crippen LogP contribution < -0.4 is 10.6 Å². The van der Waals surface area contributed by atoms with Gasteiger partial charge in [-0.3, -0.25) is 0 Å². The molecule has 0 unspecified atom stereocenters. The largest absolute Gasteiger partial charge is 0.418 e. The second-order valence-electron chi connectivity index (χ2n) is 4.91. The van der Waals surface area contributed by atoms with E-state index in [0.29, 0.717) is 30.8 Å². The first kappa shape index (κ1) is 14.2. The molecule has 2 rings (SSSR count). The highest BCUT2D eigenvalue weighted by Crippen LogP contribution is 2.41. The van der Waals surface area contributed by atoms with Crippen LogP contribution >= 0.6 is 0 Å². The van der Waals surface area contributed by atoms with Crippen molar-refractivity contribution in [2.24, 2.45) is 5.73 Å². The van der Waals surface area contributed by atoms with Crippen molar-refractivity contribution in [3.05, 3.63) is 29.3 Å². The average molecular weight is 272 g/mol. The van der Waals surface area contributed by atoms with Gasteiger partial charge in [-0.25, -0.2) is 0 Å². The zero-order valence-electron chi connectivity index (χ0n) is 11.0. The van der Waals surface area contributed by atoms with Gasteiger partial charge in [0.05, 0.1) is 5.56 Å². The Kier molecular flexibility index (Phi) is 4.04. The lowest BCUT2D eigenvalue weighted by Gasteiger charge is -2.27. The minimum Gasteiger partial charge on any atom is -0.368 e. The highest BCUT2D eigenvalue weighted by molar-refractivity contribution is 5.58. The highest BCUT2D eigenvalue weighted by Gasteiger charge is 2.38. The van der Waals surface area contributed by atoms with E-state index in [9.17, 15) is 13.2 Å². The Morgan fingerprint density at radius 3 is 2.47 bits per heavy atom. The van der Waals surface area contributed by atoms with E-state index in [1.807, 2.05) is 11.8 Å². The molecule has 0 atom stereocenters. The monoisotopic (exact) mass is 272 g/mol. The Bertz CT molecular complexity index is 439. The van der Waals surface area contributed by atoms with Crippen LogP contribution in [0.15, 0.2) is 18.2 Å². The second kappa shape index (κ2) is 5.41. The van der Waals surface area contributed by atoms with Crippen LogP contribution in [-0.2, 0) is 12.6 Å². The van der Waals surface area contributed by atoms with Gasteiger partial charge in [0.2, 0.25) is 0 Å². The van der Waals surface area contributed by atoms with Gasteiger partial charge in [0.15, 0.2) is 0 Å².